The van der Waals surface area contributed by atoms with Gasteiger partial charge in [0.15, 0.2) is 0 Å². The van der Waals surface area contributed by atoms with E-state index in [1.807, 2.05) is 6.07 Å². The van der Waals surface area contributed by atoms with Crippen LogP contribution in [0.2, 0.25) is 10.0 Å². The molecule has 0 unspecified atom stereocenters. The minimum absolute atomic E-state index is 0.131. The number of carbonyl (C=O) groups is 2. The minimum atomic E-state index is -0.584. The highest BCUT2D eigenvalue weighted by atomic mass is 35.5. The Morgan fingerprint density at radius 1 is 1.29 bits per heavy atom. The van der Waals surface area contributed by atoms with E-state index in [1.165, 1.54) is 11.8 Å². The molecule has 2 rings (SSSR count). The number of hydrogen-bond donors (Lipinski definition) is 1. The second-order valence-corrected chi connectivity index (χ2v) is 5.93. The van der Waals surface area contributed by atoms with Crippen molar-refractivity contribution < 1.29 is 9.59 Å². The van der Waals surface area contributed by atoms with E-state index in [0.717, 1.165) is 5.56 Å². The standard InChI is InChI=1S/C14H17Cl2N3O2/c1-9(20)19-5-4-18(8-13(19)14(17)21)7-10-2-3-11(15)12(16)6-10/h2-3,6,13H,4-5,7-8H2,1H3,(H2,17,21)/t13-/m1/s1. The first-order valence-corrected chi connectivity index (χ1v) is 7.37. The monoisotopic (exact) mass is 329 g/mol. The molecule has 1 aliphatic rings. The van der Waals surface area contributed by atoms with E-state index in [0.29, 0.717) is 36.2 Å². The summed E-state index contributed by atoms with van der Waals surface area (Å²) in [4.78, 5) is 26.7. The van der Waals surface area contributed by atoms with Gasteiger partial charge >= 0.3 is 0 Å². The van der Waals surface area contributed by atoms with Gasteiger partial charge in [-0.3, -0.25) is 14.5 Å². The Kier molecular flexibility index (Phi) is 5.08. The Morgan fingerprint density at radius 3 is 2.57 bits per heavy atom. The van der Waals surface area contributed by atoms with Gasteiger partial charge in [-0.2, -0.15) is 0 Å². The van der Waals surface area contributed by atoms with E-state index in [-0.39, 0.29) is 5.91 Å². The van der Waals surface area contributed by atoms with Gasteiger partial charge in [-0.15, -0.1) is 0 Å². The first-order valence-electron chi connectivity index (χ1n) is 6.61. The van der Waals surface area contributed by atoms with Gasteiger partial charge in [-0.05, 0) is 17.7 Å². The van der Waals surface area contributed by atoms with Crippen molar-refractivity contribution in [2.45, 2.75) is 19.5 Å². The molecule has 2 N–H and O–H groups in total. The fourth-order valence-electron chi connectivity index (χ4n) is 2.50. The number of nitrogens with zero attached hydrogens (tertiary/aromatic N) is 2. The van der Waals surface area contributed by atoms with Crippen molar-refractivity contribution in [3.8, 4) is 0 Å². The Balaban J connectivity index is 2.07. The maximum atomic E-state index is 11.5. The van der Waals surface area contributed by atoms with E-state index in [9.17, 15) is 9.59 Å². The largest absolute Gasteiger partial charge is 0.368 e. The quantitative estimate of drug-likeness (QED) is 0.914. The normalized spacial score (nSPS) is 19.6. The summed E-state index contributed by atoms with van der Waals surface area (Å²) in [6.07, 6.45) is 0. The van der Waals surface area contributed by atoms with Crippen LogP contribution < -0.4 is 5.73 Å². The summed E-state index contributed by atoms with van der Waals surface area (Å²) >= 11 is 11.9. The molecular weight excluding hydrogens is 313 g/mol. The third-order valence-corrected chi connectivity index (χ3v) is 4.33. The molecule has 1 aromatic carbocycles. The third-order valence-electron chi connectivity index (χ3n) is 3.59. The van der Waals surface area contributed by atoms with Crippen LogP contribution in [-0.4, -0.2) is 47.3 Å². The molecule has 21 heavy (non-hydrogen) atoms. The number of carbonyl (C=O) groups excluding carboxylic acids is 2. The number of benzene rings is 1. The molecule has 2 amide bonds. The van der Waals surface area contributed by atoms with Crippen LogP contribution in [0.25, 0.3) is 0 Å². The van der Waals surface area contributed by atoms with Crippen molar-refractivity contribution >= 4 is 35.0 Å². The average molecular weight is 330 g/mol. The van der Waals surface area contributed by atoms with Crippen LogP contribution in [0.3, 0.4) is 0 Å². The zero-order valence-corrected chi connectivity index (χ0v) is 13.2. The average Bonchev–Trinajstić information content (AvgIpc) is 2.42. The second kappa shape index (κ2) is 6.64. The van der Waals surface area contributed by atoms with Crippen molar-refractivity contribution in [3.63, 3.8) is 0 Å². The third kappa shape index (κ3) is 3.87. The first kappa shape index (κ1) is 16.1. The molecular formula is C14H17Cl2N3O2. The molecule has 1 aromatic rings. The van der Waals surface area contributed by atoms with Gasteiger partial charge in [0.05, 0.1) is 10.0 Å². The van der Waals surface area contributed by atoms with Gasteiger partial charge in [-0.25, -0.2) is 0 Å². The molecule has 1 fully saturated rings. The molecule has 1 atom stereocenters. The predicted octanol–water partition coefficient (Wildman–Crippen LogP) is 1.51. The molecule has 7 heteroatoms. The fourth-order valence-corrected chi connectivity index (χ4v) is 2.82. The number of amides is 2. The summed E-state index contributed by atoms with van der Waals surface area (Å²) in [7, 11) is 0. The molecule has 1 saturated heterocycles. The summed E-state index contributed by atoms with van der Waals surface area (Å²) < 4.78 is 0. The van der Waals surface area contributed by atoms with Crippen molar-refractivity contribution in [2.75, 3.05) is 19.6 Å². The molecule has 0 aromatic heterocycles. The highest BCUT2D eigenvalue weighted by Gasteiger charge is 2.32. The van der Waals surface area contributed by atoms with Gasteiger partial charge < -0.3 is 10.6 Å². The number of rotatable bonds is 3. The summed E-state index contributed by atoms with van der Waals surface area (Å²) in [5, 5.41) is 1.01. The van der Waals surface area contributed by atoms with Crippen LogP contribution >= 0.6 is 23.2 Å². The van der Waals surface area contributed by atoms with Crippen molar-refractivity contribution in [1.82, 2.24) is 9.80 Å². The van der Waals surface area contributed by atoms with Crippen molar-refractivity contribution in [1.29, 1.82) is 0 Å². The lowest BCUT2D eigenvalue weighted by atomic mass is 10.1. The molecule has 0 aliphatic carbocycles. The van der Waals surface area contributed by atoms with E-state index in [1.54, 1.807) is 12.1 Å². The van der Waals surface area contributed by atoms with Gasteiger partial charge in [0.25, 0.3) is 0 Å². The molecule has 0 radical (unpaired) electrons. The summed E-state index contributed by atoms with van der Waals surface area (Å²) in [5.41, 5.74) is 6.40. The van der Waals surface area contributed by atoms with Gasteiger partial charge in [0, 0.05) is 33.1 Å². The summed E-state index contributed by atoms with van der Waals surface area (Å²) in [5.74, 6) is -0.614. The van der Waals surface area contributed by atoms with E-state index >= 15 is 0 Å². The highest BCUT2D eigenvalue weighted by molar-refractivity contribution is 6.42. The van der Waals surface area contributed by atoms with E-state index < -0.39 is 11.9 Å². The van der Waals surface area contributed by atoms with Crippen LogP contribution in [0.15, 0.2) is 18.2 Å². The Bertz CT molecular complexity index is 565. The lowest BCUT2D eigenvalue weighted by molar-refractivity contribution is -0.141. The van der Waals surface area contributed by atoms with Crippen LogP contribution in [0, 0.1) is 0 Å². The maximum Gasteiger partial charge on any atom is 0.241 e. The van der Waals surface area contributed by atoms with Crippen LogP contribution in [0.4, 0.5) is 0 Å². The molecule has 0 bridgehead atoms. The highest BCUT2D eigenvalue weighted by Crippen LogP contribution is 2.23. The molecule has 0 saturated carbocycles. The maximum absolute atomic E-state index is 11.5. The molecule has 114 valence electrons. The van der Waals surface area contributed by atoms with Crippen LogP contribution in [-0.2, 0) is 16.1 Å². The van der Waals surface area contributed by atoms with Crippen LogP contribution in [0.5, 0.6) is 0 Å². The number of primary amides is 1. The Hall–Kier alpha value is -1.30. The number of hydrogen-bond acceptors (Lipinski definition) is 3. The van der Waals surface area contributed by atoms with Gasteiger partial charge in [0.2, 0.25) is 11.8 Å². The number of nitrogens with two attached hydrogens (primary N) is 1. The van der Waals surface area contributed by atoms with Gasteiger partial charge in [0.1, 0.15) is 6.04 Å². The fraction of sp³-hybridized carbons (Fsp3) is 0.429. The van der Waals surface area contributed by atoms with E-state index in [4.69, 9.17) is 28.9 Å². The van der Waals surface area contributed by atoms with E-state index in [2.05, 4.69) is 4.90 Å². The molecule has 5 nitrogen and oxygen atoms in total. The summed E-state index contributed by atoms with van der Waals surface area (Å²) in [6, 6.07) is 4.86. The van der Waals surface area contributed by atoms with Crippen molar-refractivity contribution in [3.05, 3.63) is 33.8 Å². The smallest absolute Gasteiger partial charge is 0.241 e. The first-order chi connectivity index (χ1) is 9.88. The Labute approximate surface area is 133 Å². The van der Waals surface area contributed by atoms with Crippen molar-refractivity contribution in [2.24, 2.45) is 5.73 Å². The summed E-state index contributed by atoms with van der Waals surface area (Å²) in [6.45, 7) is 3.68. The zero-order valence-electron chi connectivity index (χ0n) is 11.7. The topological polar surface area (TPSA) is 66.6 Å². The predicted molar refractivity (Wildman–Crippen MR) is 82.1 cm³/mol. The van der Waals surface area contributed by atoms with Gasteiger partial charge in [-0.1, -0.05) is 29.3 Å². The van der Waals surface area contributed by atoms with Crippen LogP contribution in [0.1, 0.15) is 12.5 Å². The number of piperazine rings is 1. The Morgan fingerprint density at radius 2 is 2.00 bits per heavy atom. The lowest BCUT2D eigenvalue weighted by Crippen LogP contribution is -2.59. The molecule has 0 spiro atoms. The molecule has 1 aliphatic heterocycles. The zero-order chi connectivity index (χ0) is 15.6. The second-order valence-electron chi connectivity index (χ2n) is 5.11. The SMILES string of the molecule is CC(=O)N1CCN(Cc2ccc(Cl)c(Cl)c2)C[C@@H]1C(N)=O. The number of halogens is 2. The lowest BCUT2D eigenvalue weighted by Gasteiger charge is -2.39. The molecule has 1 heterocycles. The minimum Gasteiger partial charge on any atom is -0.368 e.